The molecule has 4 nitrogen and oxygen atoms in total. The topological polar surface area (TPSA) is 54.0 Å². The number of aromatic nitrogens is 1. The molecule has 0 aliphatic heterocycles. The summed E-state index contributed by atoms with van der Waals surface area (Å²) in [4.78, 5) is 16.9. The first-order valence-electron chi connectivity index (χ1n) is 6.60. The van der Waals surface area contributed by atoms with Gasteiger partial charge in [0.05, 0.1) is 15.6 Å². The standard InChI is InChI=1S/C15H9Cl2N3OS3/c16-8-3-4-10(17)9(6-8)11-7-24-15(18-11)20-14(22)19-13(21)12-2-1-5-23-12/h1-7H,(H2,18,19,20,21,22). The van der Waals surface area contributed by atoms with E-state index in [1.807, 2.05) is 10.8 Å². The van der Waals surface area contributed by atoms with Crippen LogP contribution < -0.4 is 10.6 Å². The molecule has 9 heteroatoms. The fourth-order valence-corrected chi connectivity index (χ4v) is 3.82. The Bertz CT molecular complexity index is 893. The van der Waals surface area contributed by atoms with Crippen molar-refractivity contribution < 1.29 is 4.79 Å². The summed E-state index contributed by atoms with van der Waals surface area (Å²) < 4.78 is 0. The van der Waals surface area contributed by atoms with Crippen LogP contribution in [0.3, 0.4) is 0 Å². The predicted octanol–water partition coefficient (Wildman–Crippen LogP) is 5.31. The zero-order valence-corrected chi connectivity index (χ0v) is 15.8. The van der Waals surface area contributed by atoms with Crippen molar-refractivity contribution in [3.05, 3.63) is 56.0 Å². The Labute approximate surface area is 161 Å². The van der Waals surface area contributed by atoms with E-state index in [4.69, 9.17) is 35.4 Å². The van der Waals surface area contributed by atoms with Gasteiger partial charge in [0.2, 0.25) is 0 Å². The fraction of sp³-hybridized carbons (Fsp3) is 0. The summed E-state index contributed by atoms with van der Waals surface area (Å²) in [5.41, 5.74) is 1.42. The van der Waals surface area contributed by atoms with Crippen molar-refractivity contribution in [3.8, 4) is 11.3 Å². The molecule has 0 unspecified atom stereocenters. The largest absolute Gasteiger partial charge is 0.308 e. The molecule has 0 atom stereocenters. The summed E-state index contributed by atoms with van der Waals surface area (Å²) in [5, 5.41) is 11.0. The molecule has 3 aromatic rings. The van der Waals surface area contributed by atoms with Crippen LogP contribution in [0.5, 0.6) is 0 Å². The van der Waals surface area contributed by atoms with Crippen molar-refractivity contribution in [2.45, 2.75) is 0 Å². The van der Waals surface area contributed by atoms with Gasteiger partial charge in [0.1, 0.15) is 0 Å². The lowest BCUT2D eigenvalue weighted by molar-refractivity contribution is 0.0981. The molecule has 2 N–H and O–H groups in total. The number of nitrogens with one attached hydrogen (secondary N) is 2. The molecular formula is C15H9Cl2N3OS3. The van der Waals surface area contributed by atoms with Crippen LogP contribution >= 0.6 is 58.1 Å². The van der Waals surface area contributed by atoms with Crippen molar-refractivity contribution in [2.24, 2.45) is 0 Å². The fourth-order valence-electron chi connectivity index (χ4n) is 1.85. The molecule has 3 rings (SSSR count). The van der Waals surface area contributed by atoms with Crippen LogP contribution in [0.4, 0.5) is 5.13 Å². The van der Waals surface area contributed by atoms with Crippen LogP contribution in [-0.4, -0.2) is 16.0 Å². The van der Waals surface area contributed by atoms with Crippen molar-refractivity contribution in [1.29, 1.82) is 0 Å². The number of rotatable bonds is 3. The molecule has 0 saturated carbocycles. The molecule has 122 valence electrons. The molecule has 0 saturated heterocycles. The average Bonchev–Trinajstić information content (AvgIpc) is 3.21. The first-order valence-corrected chi connectivity index (χ1v) is 9.52. The summed E-state index contributed by atoms with van der Waals surface area (Å²) in [6.45, 7) is 0. The lowest BCUT2D eigenvalue weighted by Crippen LogP contribution is -2.33. The number of anilines is 1. The quantitative estimate of drug-likeness (QED) is 0.571. The molecule has 1 aromatic carbocycles. The second kappa shape index (κ2) is 7.58. The maximum atomic E-state index is 11.9. The number of hydrogen-bond acceptors (Lipinski definition) is 5. The van der Waals surface area contributed by atoms with Gasteiger partial charge in [-0.1, -0.05) is 29.3 Å². The predicted molar refractivity (Wildman–Crippen MR) is 106 cm³/mol. The summed E-state index contributed by atoms with van der Waals surface area (Å²) >= 11 is 20.0. The average molecular weight is 414 g/mol. The Morgan fingerprint density at radius 3 is 2.79 bits per heavy atom. The van der Waals surface area contributed by atoms with E-state index in [2.05, 4.69) is 15.6 Å². The number of nitrogens with zero attached hydrogens (tertiary/aromatic N) is 1. The highest BCUT2D eigenvalue weighted by atomic mass is 35.5. The SMILES string of the molecule is O=C(NC(=S)Nc1nc(-c2cc(Cl)ccc2Cl)cs1)c1cccs1. The number of carbonyl (C=O) groups excluding carboxylic acids is 1. The molecule has 24 heavy (non-hydrogen) atoms. The normalized spacial score (nSPS) is 10.4. The van der Waals surface area contributed by atoms with Gasteiger partial charge in [-0.25, -0.2) is 4.98 Å². The van der Waals surface area contributed by atoms with E-state index in [1.54, 1.807) is 30.3 Å². The number of thiazole rings is 1. The molecule has 0 bridgehead atoms. The third-order valence-corrected chi connectivity index (χ3v) is 5.30. The van der Waals surface area contributed by atoms with Gasteiger partial charge in [0.15, 0.2) is 10.2 Å². The summed E-state index contributed by atoms with van der Waals surface area (Å²) in [6.07, 6.45) is 0. The highest BCUT2D eigenvalue weighted by Gasteiger charge is 2.12. The van der Waals surface area contributed by atoms with Crippen LogP contribution in [0.15, 0.2) is 41.1 Å². The minimum atomic E-state index is -0.253. The minimum absolute atomic E-state index is 0.187. The second-order valence-corrected chi connectivity index (χ2v) is 7.61. The third kappa shape index (κ3) is 4.12. The minimum Gasteiger partial charge on any atom is -0.308 e. The van der Waals surface area contributed by atoms with Crippen LogP contribution in [-0.2, 0) is 0 Å². The summed E-state index contributed by atoms with van der Waals surface area (Å²) in [6, 6.07) is 8.72. The van der Waals surface area contributed by atoms with Crippen molar-refractivity contribution >= 4 is 74.2 Å². The monoisotopic (exact) mass is 413 g/mol. The Kier molecular flexibility index (Phi) is 5.47. The maximum Gasteiger partial charge on any atom is 0.267 e. The maximum absolute atomic E-state index is 11.9. The van der Waals surface area contributed by atoms with Crippen LogP contribution in [0, 0.1) is 0 Å². The Morgan fingerprint density at radius 2 is 2.04 bits per heavy atom. The van der Waals surface area contributed by atoms with Crippen molar-refractivity contribution in [3.63, 3.8) is 0 Å². The van der Waals surface area contributed by atoms with Gasteiger partial charge in [-0.3, -0.25) is 10.1 Å². The third-order valence-electron chi connectivity index (χ3n) is 2.90. The van der Waals surface area contributed by atoms with Gasteiger partial charge < -0.3 is 5.32 Å². The molecule has 0 spiro atoms. The number of halogens is 2. The number of amides is 1. The van der Waals surface area contributed by atoms with E-state index in [-0.39, 0.29) is 11.0 Å². The molecule has 2 heterocycles. The Hall–Kier alpha value is -1.51. The van der Waals surface area contributed by atoms with E-state index in [0.29, 0.717) is 25.7 Å². The van der Waals surface area contributed by atoms with Crippen molar-refractivity contribution in [2.75, 3.05) is 5.32 Å². The molecule has 1 amide bonds. The van der Waals surface area contributed by atoms with Gasteiger partial charge in [0.25, 0.3) is 5.91 Å². The zero-order chi connectivity index (χ0) is 17.1. The molecule has 0 radical (unpaired) electrons. The summed E-state index contributed by atoms with van der Waals surface area (Å²) in [5.74, 6) is -0.253. The van der Waals surface area contributed by atoms with E-state index in [1.165, 1.54) is 22.7 Å². The highest BCUT2D eigenvalue weighted by Crippen LogP contribution is 2.32. The number of thiophene rings is 1. The Balaban J connectivity index is 1.69. The lowest BCUT2D eigenvalue weighted by atomic mass is 10.2. The zero-order valence-electron chi connectivity index (χ0n) is 11.9. The van der Waals surface area contributed by atoms with Gasteiger partial charge in [-0.05, 0) is 41.9 Å². The van der Waals surface area contributed by atoms with E-state index < -0.39 is 0 Å². The number of hydrogen-bond donors (Lipinski definition) is 2. The van der Waals surface area contributed by atoms with E-state index >= 15 is 0 Å². The van der Waals surface area contributed by atoms with Crippen LogP contribution in [0.2, 0.25) is 10.0 Å². The van der Waals surface area contributed by atoms with Crippen molar-refractivity contribution in [1.82, 2.24) is 10.3 Å². The van der Waals surface area contributed by atoms with Gasteiger partial charge >= 0.3 is 0 Å². The second-order valence-electron chi connectivity index (χ2n) is 4.55. The molecule has 0 aliphatic carbocycles. The molecular weight excluding hydrogens is 405 g/mol. The van der Waals surface area contributed by atoms with E-state index in [9.17, 15) is 4.79 Å². The number of benzene rings is 1. The smallest absolute Gasteiger partial charge is 0.267 e. The van der Waals surface area contributed by atoms with E-state index in [0.717, 1.165) is 5.56 Å². The number of carbonyl (C=O) groups is 1. The van der Waals surface area contributed by atoms with Crippen LogP contribution in [0.1, 0.15) is 9.67 Å². The van der Waals surface area contributed by atoms with Gasteiger partial charge in [-0.2, -0.15) is 0 Å². The van der Waals surface area contributed by atoms with Gasteiger partial charge in [0, 0.05) is 16.0 Å². The molecule has 0 aliphatic rings. The molecule has 0 fully saturated rings. The number of thiocarbonyl (C=S) groups is 1. The first kappa shape index (κ1) is 17.3. The first-order chi connectivity index (χ1) is 11.5. The van der Waals surface area contributed by atoms with Gasteiger partial charge in [-0.15, -0.1) is 22.7 Å². The lowest BCUT2D eigenvalue weighted by Gasteiger charge is -2.06. The molecule has 2 aromatic heterocycles. The Morgan fingerprint density at radius 1 is 1.21 bits per heavy atom. The van der Waals surface area contributed by atoms with Crippen LogP contribution in [0.25, 0.3) is 11.3 Å². The highest BCUT2D eigenvalue weighted by molar-refractivity contribution is 7.80. The summed E-state index contributed by atoms with van der Waals surface area (Å²) in [7, 11) is 0.